The van der Waals surface area contributed by atoms with Crippen molar-refractivity contribution in [1.29, 1.82) is 0 Å². The monoisotopic (exact) mass is 456 g/mol. The molecule has 166 valence electrons. The summed E-state index contributed by atoms with van der Waals surface area (Å²) in [6, 6.07) is 17.4. The van der Waals surface area contributed by atoms with Crippen molar-refractivity contribution in [3.05, 3.63) is 76.3 Å². The maximum atomic E-state index is 11.7. The summed E-state index contributed by atoms with van der Waals surface area (Å²) >= 11 is 0. The number of aromatic amines is 1. The van der Waals surface area contributed by atoms with Crippen molar-refractivity contribution in [3.63, 3.8) is 0 Å². The summed E-state index contributed by atoms with van der Waals surface area (Å²) in [7, 11) is 3.18. The number of halogens is 1. The number of nitro benzene ring substituents is 1. The van der Waals surface area contributed by atoms with Crippen molar-refractivity contribution in [1.82, 2.24) is 10.2 Å². The molecule has 32 heavy (non-hydrogen) atoms. The van der Waals surface area contributed by atoms with E-state index < -0.39 is 4.92 Å². The molecule has 1 heterocycles. The Morgan fingerprint density at radius 2 is 1.81 bits per heavy atom. The third-order valence-electron chi connectivity index (χ3n) is 4.76. The van der Waals surface area contributed by atoms with E-state index in [0.29, 0.717) is 40.5 Å². The third-order valence-corrected chi connectivity index (χ3v) is 4.76. The minimum absolute atomic E-state index is 0. The molecule has 0 amide bonds. The highest BCUT2D eigenvalue weighted by Gasteiger charge is 2.23. The molecule has 0 aliphatic rings. The van der Waals surface area contributed by atoms with Gasteiger partial charge >= 0.3 is 5.69 Å². The fraction of sp³-hybridized carbons (Fsp3) is 0.136. The molecule has 3 aromatic carbocycles. The van der Waals surface area contributed by atoms with E-state index in [-0.39, 0.29) is 23.8 Å². The summed E-state index contributed by atoms with van der Waals surface area (Å²) in [5.41, 5.74) is 1.30. The molecule has 0 aliphatic carbocycles. The third kappa shape index (κ3) is 4.52. The number of hydrogen-bond donors (Lipinski definition) is 2. The normalized spacial score (nSPS) is 10.3. The Balaban J connectivity index is 0.00000289. The number of anilines is 1. The highest BCUT2D eigenvalue weighted by molar-refractivity contribution is 5.98. The largest absolute Gasteiger partial charge is 0.497 e. The van der Waals surface area contributed by atoms with Gasteiger partial charge in [0.25, 0.3) is 0 Å². The van der Waals surface area contributed by atoms with E-state index in [2.05, 4.69) is 15.5 Å². The van der Waals surface area contributed by atoms with Crippen molar-refractivity contribution in [2.24, 2.45) is 0 Å². The average Bonchev–Trinajstić information content (AvgIpc) is 3.21. The van der Waals surface area contributed by atoms with Crippen LogP contribution in [0.1, 0.15) is 5.56 Å². The van der Waals surface area contributed by atoms with Gasteiger partial charge in [0.2, 0.25) is 5.75 Å². The van der Waals surface area contributed by atoms with Gasteiger partial charge in [-0.15, -0.1) is 12.4 Å². The first kappa shape index (κ1) is 22.7. The molecule has 0 aliphatic heterocycles. The number of ether oxygens (including phenoxy) is 3. The molecular weight excluding hydrogens is 436 g/mol. The fourth-order valence-electron chi connectivity index (χ4n) is 3.25. The zero-order chi connectivity index (χ0) is 21.8. The summed E-state index contributed by atoms with van der Waals surface area (Å²) in [6.07, 6.45) is 0. The zero-order valence-electron chi connectivity index (χ0n) is 17.3. The van der Waals surface area contributed by atoms with Crippen molar-refractivity contribution in [3.8, 4) is 23.0 Å². The molecule has 10 heteroatoms. The predicted octanol–water partition coefficient (Wildman–Crippen LogP) is 5.31. The topological polar surface area (TPSA) is 112 Å². The van der Waals surface area contributed by atoms with Gasteiger partial charge in [-0.05, 0) is 36.4 Å². The maximum Gasteiger partial charge on any atom is 0.312 e. The molecule has 0 saturated carbocycles. The smallest absolute Gasteiger partial charge is 0.312 e. The lowest BCUT2D eigenvalue weighted by Crippen LogP contribution is -2.03. The molecule has 0 saturated heterocycles. The van der Waals surface area contributed by atoms with Gasteiger partial charge in [0.1, 0.15) is 17.2 Å². The van der Waals surface area contributed by atoms with Crippen molar-refractivity contribution in [2.45, 2.75) is 6.54 Å². The summed E-state index contributed by atoms with van der Waals surface area (Å²) in [4.78, 5) is 11.2. The van der Waals surface area contributed by atoms with Crippen LogP contribution in [-0.2, 0) is 6.54 Å². The lowest BCUT2D eigenvalue weighted by molar-refractivity contribution is -0.385. The van der Waals surface area contributed by atoms with Gasteiger partial charge in [-0.1, -0.05) is 18.2 Å². The van der Waals surface area contributed by atoms with E-state index in [0.717, 1.165) is 5.56 Å². The number of hydrogen-bond acceptors (Lipinski definition) is 7. The number of benzene rings is 3. The second-order valence-electron chi connectivity index (χ2n) is 6.61. The van der Waals surface area contributed by atoms with Crippen LogP contribution in [0.4, 0.5) is 11.5 Å². The Bertz CT molecular complexity index is 1230. The minimum atomic E-state index is -0.473. The van der Waals surface area contributed by atoms with Crippen LogP contribution in [0.3, 0.4) is 0 Å². The molecule has 0 fully saturated rings. The highest BCUT2D eigenvalue weighted by atomic mass is 35.5. The zero-order valence-corrected chi connectivity index (χ0v) is 18.1. The summed E-state index contributed by atoms with van der Waals surface area (Å²) in [6.45, 7) is 0.355. The first-order chi connectivity index (χ1) is 15.1. The van der Waals surface area contributed by atoms with Gasteiger partial charge in [0.05, 0.1) is 30.0 Å². The Morgan fingerprint density at radius 1 is 1.03 bits per heavy atom. The average molecular weight is 457 g/mol. The van der Waals surface area contributed by atoms with E-state index in [9.17, 15) is 10.1 Å². The van der Waals surface area contributed by atoms with Crippen LogP contribution in [0.25, 0.3) is 10.9 Å². The number of nitrogens with one attached hydrogen (secondary N) is 2. The second kappa shape index (κ2) is 9.88. The number of fused-ring (bicyclic) bond motifs is 1. The minimum Gasteiger partial charge on any atom is -0.497 e. The Morgan fingerprint density at radius 3 is 2.50 bits per heavy atom. The molecule has 4 aromatic rings. The van der Waals surface area contributed by atoms with Gasteiger partial charge in [0, 0.05) is 18.2 Å². The van der Waals surface area contributed by atoms with Crippen molar-refractivity contribution >= 4 is 34.8 Å². The van der Waals surface area contributed by atoms with Gasteiger partial charge < -0.3 is 19.5 Å². The number of nitrogens with zero attached hydrogens (tertiary/aromatic N) is 2. The number of H-pyrrole nitrogens is 1. The Labute approximate surface area is 189 Å². The predicted molar refractivity (Wildman–Crippen MR) is 123 cm³/mol. The molecule has 0 bridgehead atoms. The molecule has 0 unspecified atom stereocenters. The molecule has 9 nitrogen and oxygen atoms in total. The number of rotatable bonds is 8. The fourth-order valence-corrected chi connectivity index (χ4v) is 3.25. The number of nitro groups is 1. The molecule has 0 spiro atoms. The van der Waals surface area contributed by atoms with Crippen molar-refractivity contribution in [2.75, 3.05) is 19.5 Å². The van der Waals surface area contributed by atoms with E-state index in [1.807, 2.05) is 18.2 Å². The van der Waals surface area contributed by atoms with Gasteiger partial charge in [0.15, 0.2) is 5.82 Å². The quantitative estimate of drug-likeness (QED) is 0.273. The van der Waals surface area contributed by atoms with Gasteiger partial charge in [-0.3, -0.25) is 15.2 Å². The van der Waals surface area contributed by atoms with E-state index >= 15 is 0 Å². The van der Waals surface area contributed by atoms with Crippen LogP contribution in [0.5, 0.6) is 23.0 Å². The number of methoxy groups -OCH3 is 2. The lowest BCUT2D eigenvalue weighted by atomic mass is 10.1. The van der Waals surface area contributed by atoms with Gasteiger partial charge in [-0.2, -0.15) is 5.10 Å². The van der Waals surface area contributed by atoms with E-state index in [1.165, 1.54) is 6.07 Å². The Hall–Kier alpha value is -3.98. The molecular formula is C22H21ClN4O5. The SMILES string of the molecule is COc1ccc(OC)c(CNc2n[nH]c3ccc([N+](=O)[O-])c(Oc4ccccc4)c23)c1.Cl. The number of para-hydroxylation sites is 1. The lowest BCUT2D eigenvalue weighted by Gasteiger charge is -2.12. The van der Waals surface area contributed by atoms with Crippen LogP contribution in [-0.4, -0.2) is 29.3 Å². The molecule has 0 radical (unpaired) electrons. The van der Waals surface area contributed by atoms with Crippen LogP contribution < -0.4 is 19.5 Å². The maximum absolute atomic E-state index is 11.7. The molecule has 2 N–H and O–H groups in total. The Kier molecular flexibility index (Phi) is 7.01. The molecule has 1 aromatic heterocycles. The first-order valence-electron chi connectivity index (χ1n) is 9.44. The van der Waals surface area contributed by atoms with Crippen LogP contribution in [0.2, 0.25) is 0 Å². The number of aromatic nitrogens is 2. The van der Waals surface area contributed by atoms with Crippen LogP contribution in [0, 0.1) is 10.1 Å². The summed E-state index contributed by atoms with van der Waals surface area (Å²) < 4.78 is 16.6. The molecule has 0 atom stereocenters. The standard InChI is InChI=1S/C22H20N4O5.ClH/c1-29-16-8-11-19(30-2)14(12-16)13-23-22-20-17(24-25-22)9-10-18(26(27)28)21(20)31-15-6-4-3-5-7-15;/h3-12H,13H2,1-2H3,(H2,23,24,25);1H. The summed E-state index contributed by atoms with van der Waals surface area (Å²) in [5.74, 6) is 2.39. The van der Waals surface area contributed by atoms with Crippen molar-refractivity contribution < 1.29 is 19.1 Å². The van der Waals surface area contributed by atoms with Crippen LogP contribution >= 0.6 is 12.4 Å². The first-order valence-corrected chi connectivity index (χ1v) is 9.44. The van der Waals surface area contributed by atoms with Gasteiger partial charge in [-0.25, -0.2) is 0 Å². The molecule has 4 rings (SSSR count). The highest BCUT2D eigenvalue weighted by Crippen LogP contribution is 2.41. The summed E-state index contributed by atoms with van der Waals surface area (Å²) in [5, 5.41) is 22.6. The van der Waals surface area contributed by atoms with Crippen LogP contribution in [0.15, 0.2) is 60.7 Å². The van der Waals surface area contributed by atoms with E-state index in [1.54, 1.807) is 50.6 Å². The van der Waals surface area contributed by atoms with E-state index in [4.69, 9.17) is 14.2 Å². The second-order valence-corrected chi connectivity index (χ2v) is 6.61.